The van der Waals surface area contributed by atoms with Gasteiger partial charge >= 0.3 is 5.97 Å². The fourth-order valence-corrected chi connectivity index (χ4v) is 2.53. The molecule has 1 aliphatic heterocycles. The molecule has 86 valence electrons. The highest BCUT2D eigenvalue weighted by atomic mass is 16.4. The highest BCUT2D eigenvalue weighted by Gasteiger charge is 2.36. The van der Waals surface area contributed by atoms with Crippen molar-refractivity contribution < 1.29 is 9.90 Å². The molecule has 4 heteroatoms. The largest absolute Gasteiger partial charge is 0.480 e. The summed E-state index contributed by atoms with van der Waals surface area (Å²) in [6.07, 6.45) is 4.74. The van der Waals surface area contributed by atoms with E-state index >= 15 is 0 Å². The number of likely N-dealkylation sites (N-methyl/N-ethyl adjacent to an activating group) is 1. The van der Waals surface area contributed by atoms with Crippen LogP contribution < -0.4 is 0 Å². The highest BCUT2D eigenvalue weighted by Crippen LogP contribution is 2.30. The smallest absolute Gasteiger partial charge is 0.317 e. The van der Waals surface area contributed by atoms with Gasteiger partial charge in [0, 0.05) is 18.6 Å². The normalized spacial score (nSPS) is 28.3. The van der Waals surface area contributed by atoms with Crippen molar-refractivity contribution in [2.24, 2.45) is 0 Å². The second-order valence-corrected chi connectivity index (χ2v) is 4.86. The van der Waals surface area contributed by atoms with E-state index < -0.39 is 5.97 Å². The minimum Gasteiger partial charge on any atom is -0.480 e. The highest BCUT2D eigenvalue weighted by molar-refractivity contribution is 5.69. The number of nitrogens with zero attached hydrogens (tertiary/aromatic N) is 2. The van der Waals surface area contributed by atoms with Crippen molar-refractivity contribution in [3.8, 4) is 0 Å². The van der Waals surface area contributed by atoms with Crippen molar-refractivity contribution in [1.29, 1.82) is 0 Å². The number of hydrogen-bond donors (Lipinski definition) is 1. The summed E-state index contributed by atoms with van der Waals surface area (Å²) in [5, 5.41) is 8.90. The van der Waals surface area contributed by atoms with Gasteiger partial charge in [0.15, 0.2) is 0 Å². The van der Waals surface area contributed by atoms with E-state index in [-0.39, 0.29) is 6.54 Å². The molecule has 1 saturated heterocycles. The van der Waals surface area contributed by atoms with Gasteiger partial charge in [-0.3, -0.25) is 9.69 Å². The zero-order valence-electron chi connectivity index (χ0n) is 9.35. The average Bonchev–Trinajstić information content (AvgIpc) is 2.97. The maximum atomic E-state index is 10.8. The molecule has 1 N–H and O–H groups in total. The molecule has 1 heterocycles. The zero-order chi connectivity index (χ0) is 10.8. The molecule has 1 saturated carbocycles. The molecule has 4 nitrogen and oxygen atoms in total. The molecule has 1 atom stereocenters. The Kier molecular flexibility index (Phi) is 3.26. The first-order valence-corrected chi connectivity index (χ1v) is 5.83. The van der Waals surface area contributed by atoms with Crippen LogP contribution in [-0.2, 0) is 4.79 Å². The van der Waals surface area contributed by atoms with Gasteiger partial charge < -0.3 is 10.0 Å². The van der Waals surface area contributed by atoms with Gasteiger partial charge in [-0.05, 0) is 39.3 Å². The van der Waals surface area contributed by atoms with Gasteiger partial charge in [0.2, 0.25) is 0 Å². The Morgan fingerprint density at radius 2 is 2.13 bits per heavy atom. The first-order valence-electron chi connectivity index (χ1n) is 5.83. The Morgan fingerprint density at radius 3 is 2.67 bits per heavy atom. The molecule has 1 unspecified atom stereocenters. The molecule has 2 fully saturated rings. The van der Waals surface area contributed by atoms with Crippen molar-refractivity contribution in [1.82, 2.24) is 9.80 Å². The summed E-state index contributed by atoms with van der Waals surface area (Å²) in [7, 11) is 2.12. The Bertz CT molecular complexity index is 241. The Labute approximate surface area is 90.9 Å². The first-order chi connectivity index (χ1) is 7.16. The van der Waals surface area contributed by atoms with Gasteiger partial charge in [0.1, 0.15) is 0 Å². The first kappa shape index (κ1) is 10.9. The predicted molar refractivity (Wildman–Crippen MR) is 57.9 cm³/mol. The summed E-state index contributed by atoms with van der Waals surface area (Å²) in [5.74, 6) is -0.685. The van der Waals surface area contributed by atoms with E-state index in [9.17, 15) is 4.79 Å². The maximum absolute atomic E-state index is 10.8. The number of carboxylic acids is 1. The Morgan fingerprint density at radius 1 is 1.40 bits per heavy atom. The van der Waals surface area contributed by atoms with Crippen LogP contribution in [0.15, 0.2) is 0 Å². The Balaban J connectivity index is 1.93. The van der Waals surface area contributed by atoms with Crippen LogP contribution in [0.3, 0.4) is 0 Å². The van der Waals surface area contributed by atoms with Crippen LogP contribution in [0, 0.1) is 0 Å². The van der Waals surface area contributed by atoms with Crippen LogP contribution in [0.4, 0.5) is 0 Å². The maximum Gasteiger partial charge on any atom is 0.317 e. The van der Waals surface area contributed by atoms with Crippen LogP contribution in [0.1, 0.15) is 25.7 Å². The second-order valence-electron chi connectivity index (χ2n) is 4.86. The molecule has 2 aliphatic rings. The van der Waals surface area contributed by atoms with Gasteiger partial charge in [0.25, 0.3) is 0 Å². The van der Waals surface area contributed by atoms with E-state index in [0.29, 0.717) is 12.1 Å². The molecule has 1 aliphatic carbocycles. The fraction of sp³-hybridized carbons (Fsp3) is 0.909. The molecule has 0 amide bonds. The summed E-state index contributed by atoms with van der Waals surface area (Å²) in [6.45, 7) is 2.41. The summed E-state index contributed by atoms with van der Waals surface area (Å²) >= 11 is 0. The number of piperidine rings is 1. The average molecular weight is 212 g/mol. The molecule has 0 aromatic heterocycles. The van der Waals surface area contributed by atoms with E-state index in [0.717, 1.165) is 19.5 Å². The summed E-state index contributed by atoms with van der Waals surface area (Å²) in [5.41, 5.74) is 0. The number of rotatable bonds is 4. The summed E-state index contributed by atoms with van der Waals surface area (Å²) in [4.78, 5) is 15.3. The SMILES string of the molecule is CN1CCCC(N(CC(=O)O)C2CC2)C1. The van der Waals surface area contributed by atoms with E-state index in [4.69, 9.17) is 5.11 Å². The van der Waals surface area contributed by atoms with Gasteiger partial charge in [-0.1, -0.05) is 0 Å². The van der Waals surface area contributed by atoms with Crippen LogP contribution in [-0.4, -0.2) is 59.6 Å². The van der Waals surface area contributed by atoms with E-state index in [1.165, 1.54) is 19.3 Å². The van der Waals surface area contributed by atoms with Gasteiger partial charge in [-0.25, -0.2) is 0 Å². The van der Waals surface area contributed by atoms with Crippen LogP contribution in [0.5, 0.6) is 0 Å². The lowest BCUT2D eigenvalue weighted by molar-refractivity contribution is -0.139. The molecule has 0 aromatic rings. The molecule has 0 aromatic carbocycles. The molecule has 15 heavy (non-hydrogen) atoms. The third-order valence-corrected chi connectivity index (χ3v) is 3.40. The van der Waals surface area contributed by atoms with Crippen molar-refractivity contribution >= 4 is 5.97 Å². The second kappa shape index (κ2) is 4.49. The predicted octanol–water partition coefficient (Wildman–Crippen LogP) is 0.630. The summed E-state index contributed by atoms with van der Waals surface area (Å²) < 4.78 is 0. The fourth-order valence-electron chi connectivity index (χ4n) is 2.53. The Hall–Kier alpha value is -0.610. The third kappa shape index (κ3) is 2.92. The third-order valence-electron chi connectivity index (χ3n) is 3.40. The van der Waals surface area contributed by atoms with Gasteiger partial charge in [-0.2, -0.15) is 0 Å². The lowest BCUT2D eigenvalue weighted by Gasteiger charge is -2.37. The van der Waals surface area contributed by atoms with Crippen molar-refractivity contribution in [2.45, 2.75) is 37.8 Å². The van der Waals surface area contributed by atoms with E-state index in [1.807, 2.05) is 0 Å². The van der Waals surface area contributed by atoms with Gasteiger partial charge in [0.05, 0.1) is 6.54 Å². The molecule has 0 spiro atoms. The number of carbonyl (C=O) groups is 1. The standard InChI is InChI=1S/C11H20N2O2/c1-12-6-2-3-10(7-12)13(8-11(14)15)9-4-5-9/h9-10H,2-8H2,1H3,(H,14,15). The van der Waals surface area contributed by atoms with Crippen LogP contribution >= 0.6 is 0 Å². The monoisotopic (exact) mass is 212 g/mol. The minimum atomic E-state index is -0.685. The van der Waals surface area contributed by atoms with Gasteiger partial charge in [-0.15, -0.1) is 0 Å². The number of carboxylic acid groups (broad SMARTS) is 1. The van der Waals surface area contributed by atoms with Crippen molar-refractivity contribution in [3.05, 3.63) is 0 Å². The molecule has 0 bridgehead atoms. The number of likely N-dealkylation sites (tertiary alicyclic amines) is 1. The molecule has 2 rings (SSSR count). The topological polar surface area (TPSA) is 43.8 Å². The van der Waals surface area contributed by atoms with Crippen molar-refractivity contribution in [3.63, 3.8) is 0 Å². The quantitative estimate of drug-likeness (QED) is 0.742. The van der Waals surface area contributed by atoms with Crippen LogP contribution in [0.25, 0.3) is 0 Å². The lowest BCUT2D eigenvalue weighted by atomic mass is 10.0. The zero-order valence-corrected chi connectivity index (χ0v) is 9.35. The number of aliphatic carboxylic acids is 1. The number of hydrogen-bond acceptors (Lipinski definition) is 3. The lowest BCUT2D eigenvalue weighted by Crippen LogP contribution is -2.49. The van der Waals surface area contributed by atoms with E-state index in [2.05, 4.69) is 16.8 Å². The van der Waals surface area contributed by atoms with E-state index in [1.54, 1.807) is 0 Å². The minimum absolute atomic E-state index is 0.225. The van der Waals surface area contributed by atoms with Crippen molar-refractivity contribution in [2.75, 3.05) is 26.7 Å². The molecule has 0 radical (unpaired) electrons. The summed E-state index contributed by atoms with van der Waals surface area (Å²) in [6, 6.07) is 1.02. The van der Waals surface area contributed by atoms with Crippen LogP contribution in [0.2, 0.25) is 0 Å². The molecular formula is C11H20N2O2. The molecular weight excluding hydrogens is 192 g/mol.